The van der Waals surface area contributed by atoms with Gasteiger partial charge in [-0.25, -0.2) is 9.67 Å². The summed E-state index contributed by atoms with van der Waals surface area (Å²) >= 11 is 0. The van der Waals surface area contributed by atoms with E-state index >= 15 is 0 Å². The van der Waals surface area contributed by atoms with Crippen molar-refractivity contribution in [2.75, 3.05) is 7.11 Å². The normalized spacial score (nSPS) is 11.0. The molecule has 0 radical (unpaired) electrons. The van der Waals surface area contributed by atoms with E-state index in [2.05, 4.69) is 25.5 Å². The molecule has 0 fully saturated rings. The highest BCUT2D eigenvalue weighted by atomic mass is 16.5. The summed E-state index contributed by atoms with van der Waals surface area (Å²) in [5.74, 6) is 2.41. The number of methoxy groups -OCH3 is 1. The standard InChI is InChI=1S/C23H24N6O3/c1-14(2)21-27-23(32-28-21)17-7-10-20(24-12-17)29-15(3)19(13-26-29)22(30)25-11-16-5-8-18(31-4)9-6-16/h5-10,12-14H,11H2,1-4H3,(H,25,30). The summed E-state index contributed by atoms with van der Waals surface area (Å²) in [5, 5.41) is 11.2. The Morgan fingerprint density at radius 1 is 1.16 bits per heavy atom. The molecular formula is C23H24N6O3. The summed E-state index contributed by atoms with van der Waals surface area (Å²) in [7, 11) is 1.62. The van der Waals surface area contributed by atoms with Crippen LogP contribution in [-0.2, 0) is 6.54 Å². The van der Waals surface area contributed by atoms with Gasteiger partial charge in [-0.05, 0) is 36.8 Å². The van der Waals surface area contributed by atoms with Crippen molar-refractivity contribution in [3.05, 3.63) is 71.4 Å². The van der Waals surface area contributed by atoms with Crippen LogP contribution in [0.15, 0.2) is 53.3 Å². The average molecular weight is 432 g/mol. The van der Waals surface area contributed by atoms with Gasteiger partial charge in [-0.1, -0.05) is 31.1 Å². The number of ether oxygens (including phenoxy) is 1. The van der Waals surface area contributed by atoms with Crippen LogP contribution in [0.5, 0.6) is 5.75 Å². The van der Waals surface area contributed by atoms with Crippen LogP contribution in [0, 0.1) is 6.92 Å². The van der Waals surface area contributed by atoms with Gasteiger partial charge in [-0.3, -0.25) is 4.79 Å². The Kier molecular flexibility index (Phi) is 5.98. The number of aromatic nitrogens is 5. The molecule has 0 saturated heterocycles. The number of carbonyl (C=O) groups excluding carboxylic acids is 1. The molecule has 0 atom stereocenters. The second-order valence-electron chi connectivity index (χ2n) is 7.60. The summed E-state index contributed by atoms with van der Waals surface area (Å²) in [6, 6.07) is 11.2. The SMILES string of the molecule is COc1ccc(CNC(=O)c2cnn(-c3ccc(-c4nc(C(C)C)no4)cn3)c2C)cc1. The predicted octanol–water partition coefficient (Wildman–Crippen LogP) is 3.69. The fraction of sp³-hybridized carbons (Fsp3) is 0.261. The third kappa shape index (κ3) is 4.36. The molecule has 4 rings (SSSR count). The first-order chi connectivity index (χ1) is 15.5. The van der Waals surface area contributed by atoms with Crippen LogP contribution < -0.4 is 10.1 Å². The lowest BCUT2D eigenvalue weighted by Gasteiger charge is -2.07. The Balaban J connectivity index is 1.46. The van der Waals surface area contributed by atoms with Crippen LogP contribution in [0.2, 0.25) is 0 Å². The molecule has 9 nitrogen and oxygen atoms in total. The van der Waals surface area contributed by atoms with Crippen molar-refractivity contribution in [3.63, 3.8) is 0 Å². The minimum Gasteiger partial charge on any atom is -0.497 e. The van der Waals surface area contributed by atoms with Crippen molar-refractivity contribution in [1.82, 2.24) is 30.2 Å². The van der Waals surface area contributed by atoms with Gasteiger partial charge in [0.1, 0.15) is 5.75 Å². The molecule has 0 unspecified atom stereocenters. The summed E-state index contributed by atoms with van der Waals surface area (Å²) in [4.78, 5) is 21.5. The average Bonchev–Trinajstić information content (AvgIpc) is 3.45. The molecule has 4 aromatic rings. The van der Waals surface area contributed by atoms with Gasteiger partial charge in [0.15, 0.2) is 11.6 Å². The zero-order valence-corrected chi connectivity index (χ0v) is 18.4. The fourth-order valence-corrected chi connectivity index (χ4v) is 3.11. The maximum atomic E-state index is 12.7. The Morgan fingerprint density at radius 2 is 1.94 bits per heavy atom. The maximum absolute atomic E-state index is 12.7. The van der Waals surface area contributed by atoms with E-state index < -0.39 is 0 Å². The van der Waals surface area contributed by atoms with Crippen LogP contribution >= 0.6 is 0 Å². The van der Waals surface area contributed by atoms with Crippen molar-refractivity contribution < 1.29 is 14.1 Å². The van der Waals surface area contributed by atoms with E-state index in [0.717, 1.165) is 16.9 Å². The van der Waals surface area contributed by atoms with E-state index in [1.54, 1.807) is 30.3 Å². The second-order valence-corrected chi connectivity index (χ2v) is 7.60. The number of nitrogens with zero attached hydrogens (tertiary/aromatic N) is 5. The monoisotopic (exact) mass is 432 g/mol. The molecule has 3 aromatic heterocycles. The molecule has 0 aliphatic heterocycles. The molecule has 0 aliphatic rings. The van der Waals surface area contributed by atoms with E-state index in [-0.39, 0.29) is 11.8 Å². The Hall–Kier alpha value is -4.01. The van der Waals surface area contributed by atoms with Crippen molar-refractivity contribution in [2.45, 2.75) is 33.2 Å². The molecule has 0 bridgehead atoms. The van der Waals surface area contributed by atoms with E-state index in [1.165, 1.54) is 0 Å². The van der Waals surface area contributed by atoms with Crippen LogP contribution in [0.25, 0.3) is 17.3 Å². The van der Waals surface area contributed by atoms with Gasteiger partial charge in [0.2, 0.25) is 0 Å². The molecule has 3 heterocycles. The Labute approximate surface area is 185 Å². The van der Waals surface area contributed by atoms with Crippen molar-refractivity contribution in [2.24, 2.45) is 0 Å². The third-order valence-corrected chi connectivity index (χ3v) is 5.04. The predicted molar refractivity (Wildman–Crippen MR) is 118 cm³/mol. The minimum atomic E-state index is -0.201. The van der Waals surface area contributed by atoms with Gasteiger partial charge in [-0.2, -0.15) is 10.1 Å². The zero-order valence-electron chi connectivity index (χ0n) is 18.4. The number of benzene rings is 1. The number of pyridine rings is 1. The van der Waals surface area contributed by atoms with Gasteiger partial charge < -0.3 is 14.6 Å². The molecule has 1 N–H and O–H groups in total. The Morgan fingerprint density at radius 3 is 2.56 bits per heavy atom. The minimum absolute atomic E-state index is 0.181. The van der Waals surface area contributed by atoms with Crippen LogP contribution in [0.3, 0.4) is 0 Å². The van der Waals surface area contributed by atoms with Gasteiger partial charge in [-0.15, -0.1) is 0 Å². The summed E-state index contributed by atoms with van der Waals surface area (Å²) < 4.78 is 12.1. The smallest absolute Gasteiger partial charge is 0.259 e. The van der Waals surface area contributed by atoms with E-state index in [0.29, 0.717) is 35.3 Å². The lowest BCUT2D eigenvalue weighted by Crippen LogP contribution is -2.23. The molecule has 0 spiro atoms. The molecule has 1 amide bonds. The third-order valence-electron chi connectivity index (χ3n) is 5.04. The number of hydrogen-bond acceptors (Lipinski definition) is 7. The highest BCUT2D eigenvalue weighted by Crippen LogP contribution is 2.21. The number of nitrogens with one attached hydrogen (secondary N) is 1. The topological polar surface area (TPSA) is 108 Å². The molecule has 9 heteroatoms. The molecular weight excluding hydrogens is 408 g/mol. The molecule has 0 saturated carbocycles. The van der Waals surface area contributed by atoms with E-state index in [1.807, 2.05) is 51.1 Å². The van der Waals surface area contributed by atoms with Gasteiger partial charge in [0.25, 0.3) is 11.8 Å². The lowest BCUT2D eigenvalue weighted by molar-refractivity contribution is 0.0950. The largest absolute Gasteiger partial charge is 0.497 e. The van der Waals surface area contributed by atoms with Crippen molar-refractivity contribution in [3.8, 4) is 23.0 Å². The molecule has 0 aliphatic carbocycles. The number of hydrogen-bond donors (Lipinski definition) is 1. The fourth-order valence-electron chi connectivity index (χ4n) is 3.11. The highest BCUT2D eigenvalue weighted by Gasteiger charge is 2.17. The number of carbonyl (C=O) groups is 1. The van der Waals surface area contributed by atoms with Gasteiger partial charge in [0.05, 0.1) is 30.1 Å². The first-order valence-electron chi connectivity index (χ1n) is 10.2. The zero-order chi connectivity index (χ0) is 22.7. The first kappa shape index (κ1) is 21.2. The highest BCUT2D eigenvalue weighted by molar-refractivity contribution is 5.95. The number of rotatable bonds is 7. The van der Waals surface area contributed by atoms with Crippen LogP contribution in [-0.4, -0.2) is 37.9 Å². The van der Waals surface area contributed by atoms with E-state index in [9.17, 15) is 4.79 Å². The van der Waals surface area contributed by atoms with Gasteiger partial charge in [0, 0.05) is 18.7 Å². The molecule has 1 aromatic carbocycles. The maximum Gasteiger partial charge on any atom is 0.259 e. The quantitative estimate of drug-likeness (QED) is 0.474. The molecule has 32 heavy (non-hydrogen) atoms. The van der Waals surface area contributed by atoms with Gasteiger partial charge >= 0.3 is 0 Å². The Bertz CT molecular complexity index is 1210. The van der Waals surface area contributed by atoms with Crippen molar-refractivity contribution in [1.29, 1.82) is 0 Å². The second kappa shape index (κ2) is 9.01. The summed E-state index contributed by atoms with van der Waals surface area (Å²) in [6.07, 6.45) is 3.19. The van der Waals surface area contributed by atoms with Crippen LogP contribution in [0.4, 0.5) is 0 Å². The first-order valence-corrected chi connectivity index (χ1v) is 10.2. The summed E-state index contributed by atoms with van der Waals surface area (Å²) in [5.41, 5.74) is 2.87. The summed E-state index contributed by atoms with van der Waals surface area (Å²) in [6.45, 7) is 6.24. The molecule has 164 valence electrons. The van der Waals surface area contributed by atoms with E-state index in [4.69, 9.17) is 9.26 Å². The van der Waals surface area contributed by atoms with Crippen LogP contribution in [0.1, 0.15) is 47.2 Å². The van der Waals surface area contributed by atoms with Crippen molar-refractivity contribution >= 4 is 5.91 Å². The number of amides is 1. The lowest BCUT2D eigenvalue weighted by atomic mass is 10.2.